The summed E-state index contributed by atoms with van der Waals surface area (Å²) in [6, 6.07) is 0. The topological polar surface area (TPSA) is 17.1 Å². The molecule has 0 spiro atoms. The van der Waals surface area contributed by atoms with Gasteiger partial charge in [-0.15, -0.1) is 11.6 Å². The van der Waals surface area contributed by atoms with Gasteiger partial charge in [0.2, 0.25) is 0 Å². The molecule has 3 heteroatoms. The Kier molecular flexibility index (Phi) is 3.99. The van der Waals surface area contributed by atoms with Gasteiger partial charge < -0.3 is 0 Å². The van der Waals surface area contributed by atoms with E-state index in [9.17, 15) is 9.18 Å². The van der Waals surface area contributed by atoms with Crippen molar-refractivity contribution in [3.63, 3.8) is 0 Å². The number of rotatable bonds is 3. The summed E-state index contributed by atoms with van der Waals surface area (Å²) in [5, 5.41) is 0. The second kappa shape index (κ2) is 4.80. The minimum Gasteiger partial charge on any atom is -0.299 e. The van der Waals surface area contributed by atoms with Crippen LogP contribution in [0.4, 0.5) is 4.39 Å². The van der Waals surface area contributed by atoms with Crippen LogP contribution in [0.3, 0.4) is 0 Å². The lowest BCUT2D eigenvalue weighted by molar-refractivity contribution is -0.123. The molecule has 0 aromatic carbocycles. The average Bonchev–Trinajstić information content (AvgIpc) is 2.06. The largest absolute Gasteiger partial charge is 0.299 e. The SMILES string of the molecule is O=C(CCCl)C1CCC(F)CC1. The predicted octanol–water partition coefficient (Wildman–Crippen LogP) is 2.71. The average molecular weight is 193 g/mol. The van der Waals surface area contributed by atoms with Gasteiger partial charge in [0, 0.05) is 18.2 Å². The van der Waals surface area contributed by atoms with E-state index in [1.54, 1.807) is 0 Å². The lowest BCUT2D eigenvalue weighted by Gasteiger charge is -2.22. The fourth-order valence-corrected chi connectivity index (χ4v) is 1.86. The van der Waals surface area contributed by atoms with Crippen LogP contribution in [0.5, 0.6) is 0 Å². The molecule has 1 saturated carbocycles. The summed E-state index contributed by atoms with van der Waals surface area (Å²) < 4.78 is 12.7. The van der Waals surface area contributed by atoms with E-state index in [1.165, 1.54) is 0 Å². The molecular weight excluding hydrogens is 179 g/mol. The van der Waals surface area contributed by atoms with Crippen LogP contribution in [0.15, 0.2) is 0 Å². The monoisotopic (exact) mass is 192 g/mol. The zero-order chi connectivity index (χ0) is 8.97. The van der Waals surface area contributed by atoms with Crippen molar-refractivity contribution >= 4 is 17.4 Å². The highest BCUT2D eigenvalue weighted by atomic mass is 35.5. The third-order valence-electron chi connectivity index (χ3n) is 2.45. The van der Waals surface area contributed by atoms with Gasteiger partial charge >= 0.3 is 0 Å². The number of Topliss-reactive ketones (excluding diaryl/α,β-unsaturated/α-hetero) is 1. The highest BCUT2D eigenvalue weighted by molar-refractivity contribution is 6.19. The van der Waals surface area contributed by atoms with Gasteiger partial charge in [0.05, 0.1) is 0 Å². The first-order chi connectivity index (χ1) is 5.74. The smallest absolute Gasteiger partial charge is 0.137 e. The Balaban J connectivity index is 2.29. The van der Waals surface area contributed by atoms with Crippen molar-refractivity contribution < 1.29 is 9.18 Å². The molecule has 12 heavy (non-hydrogen) atoms. The molecule has 0 unspecified atom stereocenters. The van der Waals surface area contributed by atoms with E-state index < -0.39 is 6.17 Å². The van der Waals surface area contributed by atoms with Crippen LogP contribution in [-0.2, 0) is 4.79 Å². The predicted molar refractivity (Wildman–Crippen MR) is 47.2 cm³/mol. The Morgan fingerprint density at radius 3 is 2.42 bits per heavy atom. The molecule has 1 aliphatic carbocycles. The van der Waals surface area contributed by atoms with Crippen molar-refractivity contribution in [3.8, 4) is 0 Å². The Labute approximate surface area is 77.3 Å². The second-order valence-corrected chi connectivity index (χ2v) is 3.73. The van der Waals surface area contributed by atoms with E-state index in [0.29, 0.717) is 25.1 Å². The van der Waals surface area contributed by atoms with Crippen molar-refractivity contribution in [2.45, 2.75) is 38.3 Å². The van der Waals surface area contributed by atoms with Crippen LogP contribution >= 0.6 is 11.6 Å². The van der Waals surface area contributed by atoms with Gasteiger partial charge in [-0.3, -0.25) is 4.79 Å². The van der Waals surface area contributed by atoms with Crippen molar-refractivity contribution in [1.29, 1.82) is 0 Å². The summed E-state index contributed by atoms with van der Waals surface area (Å²) in [5.74, 6) is 0.710. The maximum atomic E-state index is 12.7. The summed E-state index contributed by atoms with van der Waals surface area (Å²) >= 11 is 5.45. The van der Waals surface area contributed by atoms with Crippen molar-refractivity contribution in [1.82, 2.24) is 0 Å². The molecule has 1 rings (SSSR count). The fraction of sp³-hybridized carbons (Fsp3) is 0.889. The molecule has 1 fully saturated rings. The quantitative estimate of drug-likeness (QED) is 0.629. The van der Waals surface area contributed by atoms with Gasteiger partial charge in [-0.25, -0.2) is 4.39 Å². The maximum Gasteiger partial charge on any atom is 0.137 e. The zero-order valence-electron chi connectivity index (χ0n) is 7.06. The number of halogens is 2. The van der Waals surface area contributed by atoms with Crippen LogP contribution in [0.25, 0.3) is 0 Å². The summed E-state index contributed by atoms with van der Waals surface area (Å²) in [4.78, 5) is 11.3. The number of alkyl halides is 2. The third-order valence-corrected chi connectivity index (χ3v) is 2.64. The van der Waals surface area contributed by atoms with Crippen LogP contribution in [0, 0.1) is 5.92 Å². The molecule has 1 aliphatic rings. The molecule has 0 N–H and O–H groups in total. The molecular formula is C9H14ClFO. The first-order valence-electron chi connectivity index (χ1n) is 4.46. The van der Waals surface area contributed by atoms with E-state index in [1.807, 2.05) is 0 Å². The van der Waals surface area contributed by atoms with Gasteiger partial charge in [0.25, 0.3) is 0 Å². The fourth-order valence-electron chi connectivity index (χ4n) is 1.67. The number of carbonyl (C=O) groups is 1. The van der Waals surface area contributed by atoms with Crippen LogP contribution < -0.4 is 0 Å². The molecule has 0 aromatic heterocycles. The van der Waals surface area contributed by atoms with Gasteiger partial charge in [-0.1, -0.05) is 0 Å². The Morgan fingerprint density at radius 2 is 1.92 bits per heavy atom. The summed E-state index contributed by atoms with van der Waals surface area (Å²) in [6.07, 6.45) is 2.32. The molecule has 1 nitrogen and oxygen atoms in total. The zero-order valence-corrected chi connectivity index (χ0v) is 7.82. The Hall–Kier alpha value is -0.110. The van der Waals surface area contributed by atoms with Crippen molar-refractivity contribution in [2.24, 2.45) is 5.92 Å². The van der Waals surface area contributed by atoms with E-state index in [-0.39, 0.29) is 11.7 Å². The van der Waals surface area contributed by atoms with Crippen LogP contribution in [0.1, 0.15) is 32.1 Å². The van der Waals surface area contributed by atoms with E-state index in [0.717, 1.165) is 12.8 Å². The molecule has 0 aliphatic heterocycles. The number of hydrogen-bond acceptors (Lipinski definition) is 1. The first-order valence-corrected chi connectivity index (χ1v) is 5.00. The molecule has 0 bridgehead atoms. The molecule has 0 heterocycles. The molecule has 70 valence electrons. The Morgan fingerprint density at radius 1 is 1.33 bits per heavy atom. The molecule has 0 radical (unpaired) electrons. The molecule has 0 saturated heterocycles. The first kappa shape index (κ1) is 9.97. The molecule has 0 aromatic rings. The normalized spacial score (nSPS) is 30.2. The minimum atomic E-state index is -0.676. The minimum absolute atomic E-state index is 0.0933. The lowest BCUT2D eigenvalue weighted by Crippen LogP contribution is -2.22. The number of carbonyl (C=O) groups excluding carboxylic acids is 1. The van der Waals surface area contributed by atoms with Crippen LogP contribution in [-0.4, -0.2) is 17.8 Å². The molecule has 0 amide bonds. The molecule has 0 atom stereocenters. The third kappa shape index (κ3) is 2.74. The van der Waals surface area contributed by atoms with E-state index in [4.69, 9.17) is 11.6 Å². The van der Waals surface area contributed by atoms with Gasteiger partial charge in [0.15, 0.2) is 0 Å². The summed E-state index contributed by atoms with van der Waals surface area (Å²) in [5.41, 5.74) is 0. The van der Waals surface area contributed by atoms with Gasteiger partial charge in [-0.2, -0.15) is 0 Å². The van der Waals surface area contributed by atoms with Gasteiger partial charge in [0.1, 0.15) is 12.0 Å². The summed E-state index contributed by atoms with van der Waals surface area (Å²) in [7, 11) is 0. The second-order valence-electron chi connectivity index (χ2n) is 3.35. The summed E-state index contributed by atoms with van der Waals surface area (Å²) in [6.45, 7) is 0. The number of ketones is 1. The lowest BCUT2D eigenvalue weighted by atomic mass is 9.84. The highest BCUT2D eigenvalue weighted by Gasteiger charge is 2.25. The van der Waals surface area contributed by atoms with Crippen LogP contribution in [0.2, 0.25) is 0 Å². The van der Waals surface area contributed by atoms with Crippen molar-refractivity contribution in [3.05, 3.63) is 0 Å². The van der Waals surface area contributed by atoms with Gasteiger partial charge in [-0.05, 0) is 25.7 Å². The van der Waals surface area contributed by atoms with E-state index in [2.05, 4.69) is 0 Å². The standard InChI is InChI=1S/C9H14ClFO/c10-6-5-9(12)7-1-3-8(11)4-2-7/h7-8H,1-6H2. The Bertz CT molecular complexity index is 153. The highest BCUT2D eigenvalue weighted by Crippen LogP contribution is 2.27. The van der Waals surface area contributed by atoms with E-state index >= 15 is 0 Å². The maximum absolute atomic E-state index is 12.7. The van der Waals surface area contributed by atoms with Crippen molar-refractivity contribution in [2.75, 3.05) is 5.88 Å². The number of hydrogen-bond donors (Lipinski definition) is 0.